The molecule has 122 valence electrons. The number of alkyl halides is 1. The highest BCUT2D eigenvalue weighted by Crippen LogP contribution is 2.45. The Bertz CT molecular complexity index is 491. The van der Waals surface area contributed by atoms with E-state index in [0.29, 0.717) is 38.3 Å². The molecule has 2 amide bonds. The summed E-state index contributed by atoms with van der Waals surface area (Å²) in [6.45, 7) is 3.11. The molecule has 2 aliphatic carbocycles. The van der Waals surface area contributed by atoms with Gasteiger partial charge in [0.1, 0.15) is 0 Å². The van der Waals surface area contributed by atoms with Crippen LogP contribution in [0.5, 0.6) is 0 Å². The number of piperidine rings is 2. The molecule has 0 aromatic heterocycles. The van der Waals surface area contributed by atoms with Crippen molar-refractivity contribution in [3.8, 4) is 0 Å². The van der Waals surface area contributed by atoms with Crippen LogP contribution in [0, 0.1) is 11.3 Å². The molecule has 0 radical (unpaired) electrons. The summed E-state index contributed by atoms with van der Waals surface area (Å²) >= 11 is 0. The summed E-state index contributed by atoms with van der Waals surface area (Å²) < 4.78 is 13.9. The van der Waals surface area contributed by atoms with Crippen LogP contribution < -0.4 is 0 Å². The second kappa shape index (κ2) is 4.93. The van der Waals surface area contributed by atoms with E-state index >= 15 is 0 Å². The van der Waals surface area contributed by atoms with Gasteiger partial charge in [0.15, 0.2) is 5.67 Å². The predicted octanol–water partition coefficient (Wildman–Crippen LogP) is 2.13. The smallest absolute Gasteiger partial charge is 0.260 e. The molecule has 4 fully saturated rings. The molecule has 22 heavy (non-hydrogen) atoms. The van der Waals surface area contributed by atoms with Crippen molar-refractivity contribution in [1.82, 2.24) is 9.80 Å². The van der Waals surface area contributed by atoms with Crippen molar-refractivity contribution in [2.45, 2.75) is 57.0 Å². The van der Waals surface area contributed by atoms with E-state index in [1.807, 2.05) is 0 Å². The third kappa shape index (κ3) is 2.63. The van der Waals surface area contributed by atoms with Gasteiger partial charge in [0.2, 0.25) is 5.91 Å². The maximum atomic E-state index is 13.9. The summed E-state index contributed by atoms with van der Waals surface area (Å²) in [5, 5.41) is 0. The van der Waals surface area contributed by atoms with Crippen molar-refractivity contribution in [3.05, 3.63) is 0 Å². The van der Waals surface area contributed by atoms with E-state index in [-0.39, 0.29) is 11.3 Å². The zero-order chi connectivity index (χ0) is 15.4. The highest BCUT2D eigenvalue weighted by molar-refractivity contribution is 5.88. The lowest BCUT2D eigenvalue weighted by molar-refractivity contribution is -0.145. The van der Waals surface area contributed by atoms with Gasteiger partial charge >= 0.3 is 0 Å². The van der Waals surface area contributed by atoms with E-state index in [1.165, 1.54) is 12.8 Å². The van der Waals surface area contributed by atoms with Gasteiger partial charge in [-0.1, -0.05) is 0 Å². The first kappa shape index (κ1) is 14.5. The Balaban J connectivity index is 1.37. The normalized spacial score (nSPS) is 29.8. The molecule has 5 heteroatoms. The van der Waals surface area contributed by atoms with Crippen molar-refractivity contribution in [2.24, 2.45) is 11.3 Å². The van der Waals surface area contributed by atoms with Crippen LogP contribution in [-0.2, 0) is 9.59 Å². The number of amides is 2. The second-order valence-corrected chi connectivity index (χ2v) is 7.98. The summed E-state index contributed by atoms with van der Waals surface area (Å²) in [4.78, 5) is 28.0. The molecule has 2 saturated carbocycles. The molecule has 0 atom stereocenters. The Hall–Kier alpha value is -1.13. The summed E-state index contributed by atoms with van der Waals surface area (Å²) in [5.74, 6) is 0.739. The fourth-order valence-corrected chi connectivity index (χ4v) is 4.08. The van der Waals surface area contributed by atoms with Crippen LogP contribution >= 0.6 is 0 Å². The minimum absolute atomic E-state index is 0.173. The van der Waals surface area contributed by atoms with Crippen LogP contribution in [-0.4, -0.2) is 53.5 Å². The highest BCUT2D eigenvalue weighted by Gasteiger charge is 2.54. The Kier molecular flexibility index (Phi) is 3.24. The Morgan fingerprint density at radius 3 is 2.41 bits per heavy atom. The quantitative estimate of drug-likeness (QED) is 0.801. The molecule has 4 rings (SSSR count). The summed E-state index contributed by atoms with van der Waals surface area (Å²) in [5.41, 5.74) is -1.36. The van der Waals surface area contributed by atoms with Crippen LogP contribution in [0.4, 0.5) is 4.39 Å². The second-order valence-electron chi connectivity index (χ2n) is 7.98. The van der Waals surface area contributed by atoms with Crippen molar-refractivity contribution < 1.29 is 14.0 Å². The first-order valence-electron chi connectivity index (χ1n) is 8.76. The Morgan fingerprint density at radius 1 is 1.14 bits per heavy atom. The van der Waals surface area contributed by atoms with Crippen LogP contribution in [0.15, 0.2) is 0 Å². The lowest BCUT2D eigenvalue weighted by Crippen LogP contribution is -2.53. The van der Waals surface area contributed by atoms with E-state index in [0.717, 1.165) is 38.3 Å². The number of likely N-dealkylation sites (tertiary alicyclic amines) is 2. The summed E-state index contributed by atoms with van der Waals surface area (Å²) in [7, 11) is 0. The van der Waals surface area contributed by atoms with Gasteiger partial charge in [-0.15, -0.1) is 0 Å². The molecule has 2 aliphatic heterocycles. The Labute approximate surface area is 131 Å². The van der Waals surface area contributed by atoms with Crippen molar-refractivity contribution >= 4 is 11.8 Å². The van der Waals surface area contributed by atoms with E-state index in [9.17, 15) is 14.0 Å². The number of nitrogens with zero attached hydrogens (tertiary/aromatic N) is 2. The minimum Gasteiger partial charge on any atom is -0.342 e. The van der Waals surface area contributed by atoms with Crippen molar-refractivity contribution in [2.75, 3.05) is 26.2 Å². The van der Waals surface area contributed by atoms with Crippen LogP contribution in [0.1, 0.15) is 51.4 Å². The monoisotopic (exact) mass is 308 g/mol. The molecule has 0 N–H and O–H groups in total. The number of carbonyl (C=O) groups excluding carboxylic acids is 2. The maximum Gasteiger partial charge on any atom is 0.260 e. The minimum atomic E-state index is -1.54. The van der Waals surface area contributed by atoms with Crippen molar-refractivity contribution in [3.63, 3.8) is 0 Å². The number of hydrogen-bond acceptors (Lipinski definition) is 2. The highest BCUT2D eigenvalue weighted by atomic mass is 19.1. The molecule has 2 saturated heterocycles. The van der Waals surface area contributed by atoms with Gasteiger partial charge in [0.05, 0.1) is 0 Å². The first-order chi connectivity index (χ1) is 10.5. The molecule has 0 aromatic rings. The first-order valence-corrected chi connectivity index (χ1v) is 8.76. The molecule has 2 heterocycles. The number of hydrogen-bond donors (Lipinski definition) is 0. The fraction of sp³-hybridized carbons (Fsp3) is 0.882. The number of carbonyl (C=O) groups is 2. The predicted molar refractivity (Wildman–Crippen MR) is 79.9 cm³/mol. The molecule has 1 spiro atoms. The van der Waals surface area contributed by atoms with Gasteiger partial charge in [-0.2, -0.15) is 0 Å². The van der Waals surface area contributed by atoms with Gasteiger partial charge in [-0.25, -0.2) is 4.39 Å². The maximum absolute atomic E-state index is 13.9. The fourth-order valence-electron chi connectivity index (χ4n) is 4.08. The summed E-state index contributed by atoms with van der Waals surface area (Å²) in [6, 6.07) is 0. The zero-order valence-electron chi connectivity index (χ0n) is 13.2. The van der Waals surface area contributed by atoms with E-state index in [4.69, 9.17) is 0 Å². The van der Waals surface area contributed by atoms with Crippen LogP contribution in [0.3, 0.4) is 0 Å². The van der Waals surface area contributed by atoms with Gasteiger partial charge in [0.25, 0.3) is 5.91 Å². The van der Waals surface area contributed by atoms with Gasteiger partial charge < -0.3 is 9.80 Å². The van der Waals surface area contributed by atoms with Crippen molar-refractivity contribution in [1.29, 1.82) is 0 Å². The molecular weight excluding hydrogens is 283 g/mol. The zero-order valence-corrected chi connectivity index (χ0v) is 13.2. The summed E-state index contributed by atoms with van der Waals surface area (Å²) in [6.07, 6.45) is 6.75. The van der Waals surface area contributed by atoms with Gasteiger partial charge in [-0.3, -0.25) is 9.59 Å². The average Bonchev–Trinajstić information content (AvgIpc) is 3.42. The van der Waals surface area contributed by atoms with E-state index in [2.05, 4.69) is 4.90 Å². The third-order valence-corrected chi connectivity index (χ3v) is 6.11. The molecule has 0 unspecified atom stereocenters. The largest absolute Gasteiger partial charge is 0.342 e. The Morgan fingerprint density at radius 2 is 1.82 bits per heavy atom. The lowest BCUT2D eigenvalue weighted by Gasteiger charge is -2.47. The van der Waals surface area contributed by atoms with E-state index < -0.39 is 5.67 Å². The standard InChI is InChI=1S/C17H25FN2O2/c18-17(5-6-17)15(22)19-9-7-16(8-10-19)4-3-14(21)20(12-16)11-13-1-2-13/h13H,1-12H2. The average molecular weight is 308 g/mol. The van der Waals surface area contributed by atoms with Crippen LogP contribution in [0.25, 0.3) is 0 Å². The molecule has 4 aliphatic rings. The SMILES string of the molecule is O=C1CCC2(CCN(C(=O)C3(F)CC3)CC2)CN1CC1CC1. The molecular formula is C17H25FN2O2. The molecule has 0 bridgehead atoms. The number of rotatable bonds is 3. The lowest BCUT2D eigenvalue weighted by atomic mass is 9.72. The number of halogens is 1. The topological polar surface area (TPSA) is 40.6 Å². The van der Waals surface area contributed by atoms with Gasteiger partial charge in [-0.05, 0) is 56.3 Å². The van der Waals surface area contributed by atoms with Gasteiger partial charge in [0, 0.05) is 32.6 Å². The molecule has 0 aromatic carbocycles. The third-order valence-electron chi connectivity index (χ3n) is 6.11. The molecule has 4 nitrogen and oxygen atoms in total. The van der Waals surface area contributed by atoms with Crippen LogP contribution in [0.2, 0.25) is 0 Å². The van der Waals surface area contributed by atoms with E-state index in [1.54, 1.807) is 4.90 Å².